The van der Waals surface area contributed by atoms with E-state index >= 15 is 0 Å². The van der Waals surface area contributed by atoms with Crippen LogP contribution in [0.1, 0.15) is 17.5 Å². The number of rotatable bonds is 3. The molecule has 1 unspecified atom stereocenters. The molecule has 0 spiro atoms. The second-order valence-electron chi connectivity index (χ2n) is 4.32. The van der Waals surface area contributed by atoms with Gasteiger partial charge in [0.25, 0.3) is 0 Å². The van der Waals surface area contributed by atoms with Crippen molar-refractivity contribution in [3.8, 4) is 5.75 Å². The molecule has 0 aliphatic heterocycles. The first-order valence-corrected chi connectivity index (χ1v) is 6.38. The van der Waals surface area contributed by atoms with Gasteiger partial charge in [-0.15, -0.1) is 0 Å². The van der Waals surface area contributed by atoms with E-state index in [1.807, 2.05) is 0 Å². The molecule has 5 nitrogen and oxygen atoms in total. The molecule has 3 rings (SSSR count). The highest BCUT2D eigenvalue weighted by Crippen LogP contribution is 2.24. The molecule has 2 N–H and O–H groups in total. The van der Waals surface area contributed by atoms with Crippen molar-refractivity contribution in [2.75, 3.05) is 7.11 Å². The van der Waals surface area contributed by atoms with Gasteiger partial charge in [0.05, 0.1) is 12.1 Å². The van der Waals surface area contributed by atoms with E-state index in [2.05, 4.69) is 15.0 Å². The average Bonchev–Trinajstić information content (AvgIpc) is 2.89. The molecular weight excluding hydrogens is 278 g/mol. The van der Waals surface area contributed by atoms with Crippen molar-refractivity contribution in [2.24, 2.45) is 0 Å². The number of nitrogens with one attached hydrogen (secondary N) is 1. The minimum Gasteiger partial charge on any atom is -0.497 e. The minimum atomic E-state index is -0.853. The van der Waals surface area contributed by atoms with E-state index in [0.717, 1.165) is 11.3 Å². The fraction of sp³-hybridized carbons (Fsp3) is 0.143. The number of halogens is 1. The van der Waals surface area contributed by atoms with Crippen molar-refractivity contribution in [1.29, 1.82) is 0 Å². The zero-order valence-corrected chi connectivity index (χ0v) is 11.4. The largest absolute Gasteiger partial charge is 0.497 e. The lowest BCUT2D eigenvalue weighted by Crippen LogP contribution is -2.01. The van der Waals surface area contributed by atoms with E-state index in [0.29, 0.717) is 22.0 Å². The maximum atomic E-state index is 10.3. The SMILES string of the molecule is COc1ccc(C(O)c2nc3cc(Cl)cnc3[nH]2)cc1. The monoisotopic (exact) mass is 289 g/mol. The van der Waals surface area contributed by atoms with Crippen molar-refractivity contribution in [1.82, 2.24) is 15.0 Å². The number of H-pyrrole nitrogens is 1. The van der Waals surface area contributed by atoms with Crippen LogP contribution in [0.4, 0.5) is 0 Å². The molecule has 2 heterocycles. The van der Waals surface area contributed by atoms with Crippen LogP contribution in [0.25, 0.3) is 11.2 Å². The Morgan fingerprint density at radius 3 is 2.75 bits per heavy atom. The number of hydrogen-bond donors (Lipinski definition) is 2. The summed E-state index contributed by atoms with van der Waals surface area (Å²) in [6.45, 7) is 0. The van der Waals surface area contributed by atoms with Gasteiger partial charge in [-0.2, -0.15) is 0 Å². The van der Waals surface area contributed by atoms with E-state index in [1.54, 1.807) is 37.4 Å². The van der Waals surface area contributed by atoms with Crippen LogP contribution in [0.3, 0.4) is 0 Å². The van der Waals surface area contributed by atoms with Crippen molar-refractivity contribution < 1.29 is 9.84 Å². The summed E-state index contributed by atoms with van der Waals surface area (Å²) in [5, 5.41) is 10.8. The summed E-state index contributed by atoms with van der Waals surface area (Å²) in [6.07, 6.45) is 0.680. The quantitative estimate of drug-likeness (QED) is 0.778. The summed E-state index contributed by atoms with van der Waals surface area (Å²) in [5.41, 5.74) is 1.94. The fourth-order valence-electron chi connectivity index (χ4n) is 1.96. The molecule has 0 saturated heterocycles. The zero-order valence-electron chi connectivity index (χ0n) is 10.7. The molecular formula is C14H12ClN3O2. The standard InChI is InChI=1S/C14H12ClN3O2/c1-20-10-4-2-8(3-5-10)12(19)14-17-11-6-9(15)7-16-13(11)18-14/h2-7,12,19H,1H3,(H,16,17,18). The van der Waals surface area contributed by atoms with Crippen LogP contribution >= 0.6 is 11.6 Å². The Morgan fingerprint density at radius 2 is 2.05 bits per heavy atom. The smallest absolute Gasteiger partial charge is 0.157 e. The zero-order chi connectivity index (χ0) is 14.1. The molecule has 0 saturated carbocycles. The van der Waals surface area contributed by atoms with E-state index in [-0.39, 0.29) is 0 Å². The van der Waals surface area contributed by atoms with Crippen LogP contribution in [0.15, 0.2) is 36.5 Å². The number of pyridine rings is 1. The van der Waals surface area contributed by atoms with Crippen molar-refractivity contribution >= 4 is 22.8 Å². The normalized spacial score (nSPS) is 12.6. The average molecular weight is 290 g/mol. The Labute approximate surface area is 120 Å². The third kappa shape index (κ3) is 2.33. The molecule has 20 heavy (non-hydrogen) atoms. The first kappa shape index (κ1) is 12.9. The van der Waals surface area contributed by atoms with E-state index in [4.69, 9.17) is 16.3 Å². The third-order valence-electron chi connectivity index (χ3n) is 3.01. The Morgan fingerprint density at radius 1 is 1.30 bits per heavy atom. The molecule has 1 aromatic carbocycles. The number of aliphatic hydroxyl groups excluding tert-OH is 1. The lowest BCUT2D eigenvalue weighted by Gasteiger charge is -2.08. The molecule has 0 amide bonds. The molecule has 2 aromatic heterocycles. The highest BCUT2D eigenvalue weighted by molar-refractivity contribution is 6.31. The number of fused-ring (bicyclic) bond motifs is 1. The van der Waals surface area contributed by atoms with Gasteiger partial charge in [-0.05, 0) is 23.8 Å². The summed E-state index contributed by atoms with van der Waals surface area (Å²) in [4.78, 5) is 11.4. The molecule has 0 aliphatic rings. The minimum absolute atomic E-state index is 0.430. The Balaban J connectivity index is 1.96. The summed E-state index contributed by atoms with van der Waals surface area (Å²) >= 11 is 5.87. The number of imidazole rings is 1. The van der Waals surface area contributed by atoms with Gasteiger partial charge < -0.3 is 14.8 Å². The maximum absolute atomic E-state index is 10.3. The van der Waals surface area contributed by atoms with Gasteiger partial charge in [-0.3, -0.25) is 0 Å². The molecule has 6 heteroatoms. The predicted octanol–water partition coefficient (Wildman–Crippen LogP) is 2.70. The number of aliphatic hydroxyl groups is 1. The molecule has 0 radical (unpaired) electrons. The number of nitrogens with zero attached hydrogens (tertiary/aromatic N) is 2. The molecule has 3 aromatic rings. The van der Waals surface area contributed by atoms with Crippen LogP contribution in [0, 0.1) is 0 Å². The summed E-state index contributed by atoms with van der Waals surface area (Å²) in [6, 6.07) is 8.85. The van der Waals surface area contributed by atoms with Crippen LogP contribution < -0.4 is 4.74 Å². The number of ether oxygens (including phenoxy) is 1. The summed E-state index contributed by atoms with van der Waals surface area (Å²) < 4.78 is 5.09. The van der Waals surface area contributed by atoms with E-state index in [1.165, 1.54) is 6.20 Å². The second kappa shape index (κ2) is 5.11. The summed E-state index contributed by atoms with van der Waals surface area (Å²) in [7, 11) is 1.60. The topological polar surface area (TPSA) is 71.0 Å². The van der Waals surface area contributed by atoms with Crippen LogP contribution in [0.5, 0.6) is 5.75 Å². The lowest BCUT2D eigenvalue weighted by molar-refractivity contribution is 0.211. The van der Waals surface area contributed by atoms with E-state index < -0.39 is 6.10 Å². The number of hydrogen-bond acceptors (Lipinski definition) is 4. The molecule has 102 valence electrons. The Bertz CT molecular complexity index is 740. The van der Waals surface area contributed by atoms with Gasteiger partial charge in [0.2, 0.25) is 0 Å². The van der Waals surface area contributed by atoms with E-state index in [9.17, 15) is 5.11 Å². The van der Waals surface area contributed by atoms with Crippen molar-refractivity contribution in [2.45, 2.75) is 6.10 Å². The van der Waals surface area contributed by atoms with Gasteiger partial charge in [-0.1, -0.05) is 23.7 Å². The lowest BCUT2D eigenvalue weighted by atomic mass is 10.1. The Kier molecular flexibility index (Phi) is 3.30. The molecule has 1 atom stereocenters. The highest BCUT2D eigenvalue weighted by Gasteiger charge is 2.15. The number of aromatic amines is 1. The molecule has 0 bridgehead atoms. The van der Waals surface area contributed by atoms with Gasteiger partial charge in [0.1, 0.15) is 23.2 Å². The van der Waals surface area contributed by atoms with Gasteiger partial charge in [-0.25, -0.2) is 9.97 Å². The van der Waals surface area contributed by atoms with Crippen LogP contribution in [-0.4, -0.2) is 27.2 Å². The molecule has 0 fully saturated rings. The highest BCUT2D eigenvalue weighted by atomic mass is 35.5. The Hall–Kier alpha value is -2.11. The number of benzene rings is 1. The number of methoxy groups -OCH3 is 1. The van der Waals surface area contributed by atoms with Crippen LogP contribution in [-0.2, 0) is 0 Å². The second-order valence-corrected chi connectivity index (χ2v) is 4.76. The van der Waals surface area contributed by atoms with Gasteiger partial charge >= 0.3 is 0 Å². The predicted molar refractivity (Wildman–Crippen MR) is 76.0 cm³/mol. The van der Waals surface area contributed by atoms with Crippen molar-refractivity contribution in [3.63, 3.8) is 0 Å². The maximum Gasteiger partial charge on any atom is 0.157 e. The fourth-order valence-corrected chi connectivity index (χ4v) is 2.11. The molecule has 0 aliphatic carbocycles. The first-order chi connectivity index (χ1) is 9.67. The third-order valence-corrected chi connectivity index (χ3v) is 3.22. The van der Waals surface area contributed by atoms with Gasteiger partial charge in [0.15, 0.2) is 5.65 Å². The van der Waals surface area contributed by atoms with Gasteiger partial charge in [0, 0.05) is 6.20 Å². The van der Waals surface area contributed by atoms with Crippen molar-refractivity contribution in [3.05, 3.63) is 52.9 Å². The summed E-state index contributed by atoms with van der Waals surface area (Å²) in [5.74, 6) is 1.17. The number of aromatic nitrogens is 3. The van der Waals surface area contributed by atoms with Crippen LogP contribution in [0.2, 0.25) is 5.02 Å². The first-order valence-electron chi connectivity index (χ1n) is 6.00.